The van der Waals surface area contributed by atoms with Crippen LogP contribution in [0.5, 0.6) is 11.5 Å². The lowest BCUT2D eigenvalue weighted by Crippen LogP contribution is -2.27. The van der Waals surface area contributed by atoms with Crippen molar-refractivity contribution in [1.82, 2.24) is 20.2 Å². The van der Waals surface area contributed by atoms with Gasteiger partial charge in [-0.25, -0.2) is 5.43 Å². The van der Waals surface area contributed by atoms with Crippen molar-refractivity contribution in [2.24, 2.45) is 5.10 Å². The Hall–Kier alpha value is -4.18. The van der Waals surface area contributed by atoms with E-state index in [2.05, 4.69) is 48.6 Å². The molecule has 14 heteroatoms. The van der Waals surface area contributed by atoms with Gasteiger partial charge < -0.3 is 15.2 Å². The van der Waals surface area contributed by atoms with Gasteiger partial charge in [-0.3, -0.25) is 19.5 Å². The Morgan fingerprint density at radius 1 is 1.23 bits per heavy atom. The highest BCUT2D eigenvalue weighted by Crippen LogP contribution is 2.33. The number of nitro benzene ring substituents is 1. The van der Waals surface area contributed by atoms with Gasteiger partial charge in [0.15, 0.2) is 22.5 Å². The smallest absolute Gasteiger partial charge is 0.274 e. The van der Waals surface area contributed by atoms with Gasteiger partial charge in [-0.1, -0.05) is 30.0 Å². The molecular weight excluding hydrogens is 649 g/mol. The lowest BCUT2D eigenvalue weighted by Gasteiger charge is -2.13. The minimum absolute atomic E-state index is 0.0146. The van der Waals surface area contributed by atoms with Crippen LogP contribution in [-0.2, 0) is 11.3 Å². The number of phenols is 1. The van der Waals surface area contributed by atoms with Crippen LogP contribution in [0.4, 0.5) is 11.4 Å². The van der Waals surface area contributed by atoms with E-state index in [1.165, 1.54) is 18.9 Å². The number of phenolic OH excluding ortho intramolecular Hbond substituents is 1. The maximum Gasteiger partial charge on any atom is 0.274 e. The summed E-state index contributed by atoms with van der Waals surface area (Å²) >= 11 is 3.44. The van der Waals surface area contributed by atoms with Crippen molar-refractivity contribution in [3.63, 3.8) is 0 Å². The lowest BCUT2D eigenvalue weighted by atomic mass is 10.2. The number of methoxy groups -OCH3 is 1. The second-order valence-electron chi connectivity index (χ2n) is 8.27. The summed E-state index contributed by atoms with van der Waals surface area (Å²) in [6, 6.07) is 19.8. The third-order valence-corrected chi connectivity index (χ3v) is 7.32. The van der Waals surface area contributed by atoms with Crippen molar-refractivity contribution in [3.8, 4) is 17.2 Å². The lowest BCUT2D eigenvalue weighted by molar-refractivity contribution is -0.385. The highest BCUT2D eigenvalue weighted by atomic mass is 127. The number of carbonyl (C=O) groups is 1. The van der Waals surface area contributed by atoms with Crippen LogP contribution in [0.1, 0.15) is 18.3 Å². The molecule has 0 saturated heterocycles. The number of hydrazone groups is 1. The predicted molar refractivity (Wildman–Crippen MR) is 160 cm³/mol. The molecule has 0 aliphatic rings. The number of nitrogens with one attached hydrogen (secondary N) is 2. The molecule has 1 unspecified atom stereocenters. The molecule has 1 atom stereocenters. The van der Waals surface area contributed by atoms with Crippen LogP contribution in [0.3, 0.4) is 0 Å². The third-order valence-electron chi connectivity index (χ3n) is 5.56. The van der Waals surface area contributed by atoms with Crippen LogP contribution in [0.25, 0.3) is 5.69 Å². The molecule has 4 aromatic rings. The zero-order chi connectivity index (χ0) is 28.6. The number of ether oxygens (including phenoxy) is 1. The van der Waals surface area contributed by atoms with Crippen molar-refractivity contribution in [2.75, 3.05) is 12.4 Å². The van der Waals surface area contributed by atoms with E-state index in [1.54, 1.807) is 6.92 Å². The van der Waals surface area contributed by atoms with Crippen LogP contribution >= 0.6 is 34.4 Å². The Labute approximate surface area is 247 Å². The fourth-order valence-corrected chi connectivity index (χ4v) is 4.76. The summed E-state index contributed by atoms with van der Waals surface area (Å²) in [6.07, 6.45) is 1.11. The zero-order valence-corrected chi connectivity index (χ0v) is 24.3. The topological polar surface area (TPSA) is 157 Å². The summed E-state index contributed by atoms with van der Waals surface area (Å²) in [7, 11) is 1.28. The van der Waals surface area contributed by atoms with E-state index < -0.39 is 16.1 Å². The first-order valence-electron chi connectivity index (χ1n) is 11.8. The van der Waals surface area contributed by atoms with E-state index in [1.807, 2.05) is 59.2 Å². The molecule has 3 N–H and O–H groups in total. The molecule has 0 radical (unpaired) electrons. The SMILES string of the molecule is COc1cc([N+](=O)[O-])cc(C=NNC(=O)C(C)Sc2nnc(CNc3ccc(I)cc3)n2-c2ccccc2)c1O. The number of anilines is 1. The highest BCUT2D eigenvalue weighted by molar-refractivity contribution is 14.1. The summed E-state index contributed by atoms with van der Waals surface area (Å²) in [6.45, 7) is 2.10. The second-order valence-corrected chi connectivity index (χ2v) is 10.8. The van der Waals surface area contributed by atoms with Crippen molar-refractivity contribution >= 4 is 57.8 Å². The van der Waals surface area contributed by atoms with Crippen LogP contribution in [0, 0.1) is 13.7 Å². The van der Waals surface area contributed by atoms with Crippen molar-refractivity contribution in [2.45, 2.75) is 23.9 Å². The number of hydrogen-bond acceptors (Lipinski definition) is 10. The van der Waals surface area contributed by atoms with Gasteiger partial charge in [-0.05, 0) is 65.9 Å². The number of para-hydroxylation sites is 1. The predicted octanol–water partition coefficient (Wildman–Crippen LogP) is 4.74. The first kappa shape index (κ1) is 28.8. The fraction of sp³-hybridized carbons (Fsp3) is 0.154. The molecule has 0 aliphatic carbocycles. The Morgan fingerprint density at radius 3 is 2.62 bits per heavy atom. The number of rotatable bonds is 11. The fourth-order valence-electron chi connectivity index (χ4n) is 3.52. The van der Waals surface area contributed by atoms with Gasteiger partial charge in [-0.2, -0.15) is 5.10 Å². The standard InChI is InChI=1S/C26H24IN7O5S/c1-16(25(36)31-29-14-17-12-21(34(37)38)13-22(39-2)24(17)35)40-26-32-30-23(33(26)20-6-4-3-5-7-20)15-28-19-10-8-18(27)9-11-19/h3-14,16,28,35H,15H2,1-2H3,(H,31,36). The van der Waals surface area contributed by atoms with Crippen LogP contribution in [-0.4, -0.2) is 49.3 Å². The molecule has 1 aromatic heterocycles. The minimum Gasteiger partial charge on any atom is -0.504 e. The molecule has 12 nitrogen and oxygen atoms in total. The van der Waals surface area contributed by atoms with E-state index >= 15 is 0 Å². The molecule has 40 heavy (non-hydrogen) atoms. The van der Waals surface area contributed by atoms with Crippen molar-refractivity contribution in [1.29, 1.82) is 0 Å². The maximum atomic E-state index is 12.8. The van der Waals surface area contributed by atoms with Crippen molar-refractivity contribution < 1.29 is 19.6 Å². The number of non-ortho nitro benzene ring substituents is 1. The van der Waals surface area contributed by atoms with E-state index in [0.29, 0.717) is 17.5 Å². The zero-order valence-electron chi connectivity index (χ0n) is 21.3. The number of halogens is 1. The van der Waals surface area contributed by atoms with Crippen LogP contribution in [0.2, 0.25) is 0 Å². The number of amides is 1. The summed E-state index contributed by atoms with van der Waals surface area (Å²) in [5, 5.41) is 37.2. The Kier molecular flexibility index (Phi) is 9.55. The summed E-state index contributed by atoms with van der Waals surface area (Å²) in [5.74, 6) is -0.207. The van der Waals surface area contributed by atoms with Gasteiger partial charge in [-0.15, -0.1) is 10.2 Å². The molecule has 206 valence electrons. The summed E-state index contributed by atoms with van der Waals surface area (Å²) in [5.41, 5.74) is 3.90. The largest absolute Gasteiger partial charge is 0.504 e. The van der Waals surface area contributed by atoms with Gasteiger partial charge >= 0.3 is 0 Å². The van der Waals surface area contributed by atoms with Gasteiger partial charge in [0.25, 0.3) is 11.6 Å². The highest BCUT2D eigenvalue weighted by Gasteiger charge is 2.21. The first-order chi connectivity index (χ1) is 19.3. The van der Waals surface area contributed by atoms with Crippen LogP contribution in [0.15, 0.2) is 77.0 Å². The monoisotopic (exact) mass is 673 g/mol. The van der Waals surface area contributed by atoms with E-state index in [-0.39, 0.29) is 22.7 Å². The normalized spacial score (nSPS) is 11.8. The Morgan fingerprint density at radius 2 is 1.95 bits per heavy atom. The number of nitrogens with zero attached hydrogens (tertiary/aromatic N) is 5. The number of aromatic hydroxyl groups is 1. The van der Waals surface area contributed by atoms with E-state index in [9.17, 15) is 20.0 Å². The molecular formula is C26H24IN7O5S. The average molecular weight is 673 g/mol. The van der Waals surface area contributed by atoms with E-state index in [0.717, 1.165) is 33.3 Å². The van der Waals surface area contributed by atoms with Gasteiger partial charge in [0.05, 0.1) is 36.1 Å². The van der Waals surface area contributed by atoms with Gasteiger partial charge in [0.2, 0.25) is 0 Å². The summed E-state index contributed by atoms with van der Waals surface area (Å²) in [4.78, 5) is 23.3. The number of benzene rings is 3. The van der Waals surface area contributed by atoms with Crippen LogP contribution < -0.4 is 15.5 Å². The number of nitro groups is 1. The molecule has 0 aliphatic heterocycles. The quantitative estimate of drug-likeness (QED) is 0.0673. The molecule has 3 aromatic carbocycles. The number of hydrogen-bond donors (Lipinski definition) is 3. The number of carbonyl (C=O) groups excluding carboxylic acids is 1. The first-order valence-corrected chi connectivity index (χ1v) is 13.8. The van der Waals surface area contributed by atoms with Gasteiger partial charge in [0, 0.05) is 26.6 Å². The molecule has 1 amide bonds. The van der Waals surface area contributed by atoms with E-state index in [4.69, 9.17) is 4.74 Å². The molecule has 4 rings (SSSR count). The molecule has 1 heterocycles. The molecule has 0 spiro atoms. The third kappa shape index (κ3) is 7.06. The molecule has 0 fully saturated rings. The second kappa shape index (κ2) is 13.3. The molecule has 0 saturated carbocycles. The van der Waals surface area contributed by atoms with Crippen molar-refractivity contribution in [3.05, 3.63) is 91.8 Å². The Balaban J connectivity index is 1.48. The van der Waals surface area contributed by atoms with Gasteiger partial charge in [0.1, 0.15) is 0 Å². The number of thioether (sulfide) groups is 1. The Bertz CT molecular complexity index is 1530. The summed E-state index contributed by atoms with van der Waals surface area (Å²) < 4.78 is 7.99. The maximum absolute atomic E-state index is 12.8. The molecule has 0 bridgehead atoms. The minimum atomic E-state index is -0.630. The number of aromatic nitrogens is 3. The average Bonchev–Trinajstić information content (AvgIpc) is 3.35.